The third-order valence-corrected chi connectivity index (χ3v) is 7.15. The first-order chi connectivity index (χ1) is 18.1. The predicted octanol–water partition coefficient (Wildman–Crippen LogP) is 4.22. The Hall–Kier alpha value is -3.65. The lowest BCUT2D eigenvalue weighted by Crippen LogP contribution is -2.46. The van der Waals surface area contributed by atoms with Crippen molar-refractivity contribution < 1.29 is 9.53 Å². The highest BCUT2D eigenvalue weighted by Gasteiger charge is 2.26. The van der Waals surface area contributed by atoms with E-state index in [-0.39, 0.29) is 17.6 Å². The summed E-state index contributed by atoms with van der Waals surface area (Å²) in [4.78, 5) is 29.5. The number of piperazine rings is 1. The summed E-state index contributed by atoms with van der Waals surface area (Å²) in [5.74, 6) is 0.356. The number of hydrogen-bond acceptors (Lipinski definition) is 6. The van der Waals surface area contributed by atoms with Gasteiger partial charge in [0.25, 0.3) is 0 Å². The lowest BCUT2D eigenvalue weighted by molar-refractivity contribution is -0.114. The van der Waals surface area contributed by atoms with Crippen LogP contribution in [0.4, 0.5) is 11.4 Å². The normalized spacial score (nSPS) is 16.9. The monoisotopic (exact) mass is 501 g/mol. The summed E-state index contributed by atoms with van der Waals surface area (Å²) in [7, 11) is 0. The SMILES string of the molecule is CC(=O)Nc1ccc(CN2CCN(c3cnn(-c4ccccc4)c(=O)c3OC3CCCCC3)CC2)cc1. The van der Waals surface area contributed by atoms with Crippen LogP contribution in [0, 0.1) is 0 Å². The topological polar surface area (TPSA) is 79.7 Å². The molecule has 5 rings (SSSR count). The van der Waals surface area contributed by atoms with Gasteiger partial charge in [0.15, 0.2) is 0 Å². The highest BCUT2D eigenvalue weighted by molar-refractivity contribution is 5.88. The third kappa shape index (κ3) is 6.20. The van der Waals surface area contributed by atoms with Crippen LogP contribution in [0.25, 0.3) is 5.69 Å². The van der Waals surface area contributed by atoms with Crippen LogP contribution in [0.3, 0.4) is 0 Å². The summed E-state index contributed by atoms with van der Waals surface area (Å²) in [6.07, 6.45) is 7.36. The van der Waals surface area contributed by atoms with Gasteiger partial charge in [0.05, 0.1) is 18.0 Å². The number of nitrogens with one attached hydrogen (secondary N) is 1. The Labute approximate surface area is 217 Å². The highest BCUT2D eigenvalue weighted by Crippen LogP contribution is 2.30. The number of rotatable bonds is 7. The number of aromatic nitrogens is 2. The summed E-state index contributed by atoms with van der Waals surface area (Å²) >= 11 is 0. The van der Waals surface area contributed by atoms with E-state index in [1.54, 1.807) is 6.20 Å². The number of para-hydroxylation sites is 1. The molecular formula is C29H35N5O3. The van der Waals surface area contributed by atoms with Crippen molar-refractivity contribution >= 4 is 17.3 Å². The van der Waals surface area contributed by atoms with Gasteiger partial charge in [-0.05, 0) is 55.5 Å². The minimum absolute atomic E-state index is 0.0679. The smallest absolute Gasteiger partial charge is 0.316 e. The van der Waals surface area contributed by atoms with Crippen molar-refractivity contribution in [1.82, 2.24) is 14.7 Å². The second kappa shape index (κ2) is 11.6. The highest BCUT2D eigenvalue weighted by atomic mass is 16.5. The first-order valence-electron chi connectivity index (χ1n) is 13.2. The minimum Gasteiger partial charge on any atom is -0.483 e. The second-order valence-corrected chi connectivity index (χ2v) is 9.93. The van der Waals surface area contributed by atoms with Crippen LogP contribution in [0.15, 0.2) is 65.6 Å². The van der Waals surface area contributed by atoms with E-state index >= 15 is 0 Å². The fraction of sp³-hybridized carbons (Fsp3) is 0.414. The quantitative estimate of drug-likeness (QED) is 0.522. The van der Waals surface area contributed by atoms with Crippen LogP contribution in [0.5, 0.6) is 5.75 Å². The molecule has 2 aromatic carbocycles. The summed E-state index contributed by atoms with van der Waals surface area (Å²) in [6, 6.07) is 17.5. The molecule has 2 heterocycles. The summed E-state index contributed by atoms with van der Waals surface area (Å²) in [5, 5.41) is 7.34. The third-order valence-electron chi connectivity index (χ3n) is 7.15. The summed E-state index contributed by atoms with van der Waals surface area (Å²) in [6.45, 7) is 5.69. The molecule has 1 N–H and O–H groups in total. The molecule has 0 unspecified atom stereocenters. The van der Waals surface area contributed by atoms with Gasteiger partial charge in [-0.2, -0.15) is 9.78 Å². The second-order valence-electron chi connectivity index (χ2n) is 9.93. The number of amides is 1. The molecule has 1 aliphatic carbocycles. The fourth-order valence-corrected chi connectivity index (χ4v) is 5.17. The standard InChI is InChI=1S/C29H35N5O3/c1-22(35)31-24-14-12-23(13-15-24)21-32-16-18-33(19-17-32)27-20-30-34(25-8-4-2-5-9-25)29(36)28(27)37-26-10-6-3-7-11-26/h2,4-5,8-9,12-15,20,26H,3,6-7,10-11,16-19,21H2,1H3,(H,31,35). The van der Waals surface area contributed by atoms with Crippen LogP contribution >= 0.6 is 0 Å². The Kier molecular flexibility index (Phi) is 7.84. The molecule has 1 saturated heterocycles. The van der Waals surface area contributed by atoms with E-state index in [0.717, 1.165) is 75.5 Å². The van der Waals surface area contributed by atoms with Gasteiger partial charge in [0.1, 0.15) is 5.69 Å². The molecule has 1 aliphatic heterocycles. The molecule has 37 heavy (non-hydrogen) atoms. The van der Waals surface area contributed by atoms with E-state index in [2.05, 4.69) is 32.3 Å². The van der Waals surface area contributed by atoms with Gasteiger partial charge in [-0.3, -0.25) is 14.5 Å². The van der Waals surface area contributed by atoms with E-state index in [9.17, 15) is 9.59 Å². The van der Waals surface area contributed by atoms with Crippen LogP contribution in [0.1, 0.15) is 44.6 Å². The largest absolute Gasteiger partial charge is 0.483 e. The van der Waals surface area contributed by atoms with E-state index in [4.69, 9.17) is 4.74 Å². The predicted molar refractivity (Wildman–Crippen MR) is 146 cm³/mol. The van der Waals surface area contributed by atoms with E-state index < -0.39 is 0 Å². The maximum atomic E-state index is 13.6. The van der Waals surface area contributed by atoms with Gasteiger partial charge in [-0.15, -0.1) is 0 Å². The van der Waals surface area contributed by atoms with E-state index in [0.29, 0.717) is 5.75 Å². The Bertz CT molecular complexity index is 1240. The number of hydrogen-bond donors (Lipinski definition) is 1. The molecule has 1 saturated carbocycles. The zero-order chi connectivity index (χ0) is 25.6. The molecule has 0 atom stereocenters. The number of nitrogens with zero attached hydrogens (tertiary/aromatic N) is 4. The first-order valence-corrected chi connectivity index (χ1v) is 13.2. The number of carbonyl (C=O) groups excluding carboxylic acids is 1. The van der Waals surface area contributed by atoms with Gasteiger partial charge in [-0.1, -0.05) is 36.8 Å². The van der Waals surface area contributed by atoms with Crippen molar-refractivity contribution in [3.63, 3.8) is 0 Å². The van der Waals surface area contributed by atoms with Crippen molar-refractivity contribution in [3.8, 4) is 11.4 Å². The maximum Gasteiger partial charge on any atom is 0.316 e. The van der Waals surface area contributed by atoms with Crippen LogP contribution < -0.4 is 20.5 Å². The molecule has 2 aliphatic rings. The summed E-state index contributed by atoms with van der Waals surface area (Å²) < 4.78 is 7.88. The van der Waals surface area contributed by atoms with Gasteiger partial charge in [0, 0.05) is 45.3 Å². The van der Waals surface area contributed by atoms with Crippen LogP contribution in [-0.2, 0) is 11.3 Å². The zero-order valence-corrected chi connectivity index (χ0v) is 21.4. The van der Waals surface area contributed by atoms with Crippen molar-refractivity contribution in [2.24, 2.45) is 0 Å². The molecule has 0 radical (unpaired) electrons. The fourth-order valence-electron chi connectivity index (χ4n) is 5.17. The maximum absolute atomic E-state index is 13.6. The number of benzene rings is 2. The molecule has 8 nitrogen and oxygen atoms in total. The van der Waals surface area contributed by atoms with Crippen molar-refractivity contribution in [2.75, 3.05) is 36.4 Å². The Morgan fingerprint density at radius 3 is 2.35 bits per heavy atom. The average molecular weight is 502 g/mol. The van der Waals surface area contributed by atoms with Crippen molar-refractivity contribution in [3.05, 3.63) is 76.7 Å². The molecule has 2 fully saturated rings. The van der Waals surface area contributed by atoms with Gasteiger partial charge in [0.2, 0.25) is 11.7 Å². The Balaban J connectivity index is 1.31. The van der Waals surface area contributed by atoms with Crippen LogP contribution in [0.2, 0.25) is 0 Å². The zero-order valence-electron chi connectivity index (χ0n) is 21.4. The lowest BCUT2D eigenvalue weighted by Gasteiger charge is -2.37. The molecule has 194 valence electrons. The number of carbonyl (C=O) groups is 1. The van der Waals surface area contributed by atoms with Gasteiger partial charge in [-0.25, -0.2) is 0 Å². The Morgan fingerprint density at radius 2 is 1.68 bits per heavy atom. The molecule has 0 bridgehead atoms. The van der Waals surface area contributed by atoms with Gasteiger partial charge >= 0.3 is 5.56 Å². The molecule has 8 heteroatoms. The number of ether oxygens (including phenoxy) is 1. The van der Waals surface area contributed by atoms with Crippen molar-refractivity contribution in [1.29, 1.82) is 0 Å². The Morgan fingerprint density at radius 1 is 0.973 bits per heavy atom. The first kappa shape index (κ1) is 25.0. The van der Waals surface area contributed by atoms with Gasteiger partial charge < -0.3 is 15.0 Å². The molecule has 3 aromatic rings. The van der Waals surface area contributed by atoms with E-state index in [1.807, 2.05) is 42.5 Å². The molecule has 1 aromatic heterocycles. The minimum atomic E-state index is -0.198. The molecule has 1 amide bonds. The average Bonchev–Trinajstić information content (AvgIpc) is 2.92. The van der Waals surface area contributed by atoms with Crippen LogP contribution in [-0.4, -0.2) is 52.9 Å². The molecule has 0 spiro atoms. The number of anilines is 2. The van der Waals surface area contributed by atoms with Crippen molar-refractivity contribution in [2.45, 2.75) is 51.7 Å². The summed E-state index contributed by atoms with van der Waals surface area (Å²) in [5.41, 5.74) is 3.35. The van der Waals surface area contributed by atoms with E-state index in [1.165, 1.54) is 23.6 Å². The lowest BCUT2D eigenvalue weighted by atomic mass is 9.98. The molecular weight excluding hydrogens is 466 g/mol.